The molecule has 162 valence electrons. The van der Waals surface area contributed by atoms with E-state index in [-0.39, 0.29) is 37.7 Å². The summed E-state index contributed by atoms with van der Waals surface area (Å²) in [4.78, 5) is 25.8. The Morgan fingerprint density at radius 3 is 2.43 bits per heavy atom. The summed E-state index contributed by atoms with van der Waals surface area (Å²) in [5.41, 5.74) is -1.32. The van der Waals surface area contributed by atoms with Gasteiger partial charge in [-0.05, 0) is 31.2 Å². The third-order valence-electron chi connectivity index (χ3n) is 4.05. The van der Waals surface area contributed by atoms with Crippen molar-refractivity contribution in [2.75, 3.05) is 25.0 Å². The third kappa shape index (κ3) is 6.81. The zero-order chi connectivity index (χ0) is 22.3. The summed E-state index contributed by atoms with van der Waals surface area (Å²) >= 11 is 11.7. The van der Waals surface area contributed by atoms with Gasteiger partial charge < -0.3 is 15.0 Å². The van der Waals surface area contributed by atoms with Crippen LogP contribution in [0.15, 0.2) is 42.5 Å². The Hall–Kier alpha value is -2.45. The topological polar surface area (TPSA) is 58.6 Å². The number of nitrogens with one attached hydrogen (secondary N) is 1. The van der Waals surface area contributed by atoms with Crippen molar-refractivity contribution in [1.29, 1.82) is 0 Å². The van der Waals surface area contributed by atoms with Crippen LogP contribution in [0.3, 0.4) is 0 Å². The van der Waals surface area contributed by atoms with Crippen molar-refractivity contribution in [3.8, 4) is 5.75 Å². The van der Waals surface area contributed by atoms with Gasteiger partial charge in [-0.1, -0.05) is 35.3 Å². The van der Waals surface area contributed by atoms with Gasteiger partial charge in [0.15, 0.2) is 0 Å². The molecular weight excluding hydrogens is 444 g/mol. The van der Waals surface area contributed by atoms with E-state index in [1.165, 1.54) is 23.1 Å². The van der Waals surface area contributed by atoms with Crippen molar-refractivity contribution in [3.05, 3.63) is 58.1 Å². The maximum absolute atomic E-state index is 13.0. The number of amides is 2. The monoisotopic (exact) mass is 462 g/mol. The summed E-state index contributed by atoms with van der Waals surface area (Å²) in [7, 11) is 0. The van der Waals surface area contributed by atoms with E-state index >= 15 is 0 Å². The number of halogens is 5. The number of likely N-dealkylation sites (N-methyl/N-ethyl adjacent to an activating group) is 1. The van der Waals surface area contributed by atoms with E-state index in [1.54, 1.807) is 19.1 Å². The fourth-order valence-corrected chi connectivity index (χ4v) is 2.85. The smallest absolute Gasteiger partial charge is 0.418 e. The summed E-state index contributed by atoms with van der Waals surface area (Å²) in [5.74, 6) is -0.675. The molecule has 0 heterocycles. The molecular formula is C20H19Cl2F3N2O3. The van der Waals surface area contributed by atoms with Crippen LogP contribution in [0.5, 0.6) is 5.75 Å². The van der Waals surface area contributed by atoms with Crippen LogP contribution < -0.4 is 10.1 Å². The number of rotatable bonds is 8. The van der Waals surface area contributed by atoms with Crippen LogP contribution in [-0.2, 0) is 15.8 Å². The predicted molar refractivity (Wildman–Crippen MR) is 109 cm³/mol. The van der Waals surface area contributed by atoms with Crippen molar-refractivity contribution < 1.29 is 27.5 Å². The minimum Gasteiger partial charge on any atom is -0.493 e. The molecule has 0 aromatic heterocycles. The molecule has 10 heteroatoms. The quantitative estimate of drug-likeness (QED) is 0.581. The molecule has 0 unspecified atom stereocenters. The molecule has 2 amide bonds. The second kappa shape index (κ2) is 10.5. The normalized spacial score (nSPS) is 11.1. The summed E-state index contributed by atoms with van der Waals surface area (Å²) in [6, 6.07) is 9.31. The Labute approximate surface area is 181 Å². The zero-order valence-corrected chi connectivity index (χ0v) is 17.4. The third-order valence-corrected chi connectivity index (χ3v) is 4.79. The number of anilines is 1. The highest BCUT2D eigenvalue weighted by atomic mass is 35.5. The zero-order valence-electron chi connectivity index (χ0n) is 15.9. The molecule has 0 fully saturated rings. The fourth-order valence-electron chi connectivity index (χ4n) is 2.56. The van der Waals surface area contributed by atoms with Crippen LogP contribution in [-0.4, -0.2) is 36.4 Å². The van der Waals surface area contributed by atoms with E-state index in [0.29, 0.717) is 15.8 Å². The molecule has 1 N–H and O–H groups in total. The summed E-state index contributed by atoms with van der Waals surface area (Å²) in [6.07, 6.45) is -4.63. The van der Waals surface area contributed by atoms with Crippen LogP contribution in [0.2, 0.25) is 10.0 Å². The predicted octanol–water partition coefficient (Wildman–Crippen LogP) is 5.27. The Bertz CT molecular complexity index is 907. The van der Waals surface area contributed by atoms with Gasteiger partial charge >= 0.3 is 6.18 Å². The Morgan fingerprint density at radius 1 is 1.10 bits per heavy atom. The minimum absolute atomic E-state index is 0.0273. The maximum atomic E-state index is 13.0. The van der Waals surface area contributed by atoms with Gasteiger partial charge in [0.25, 0.3) is 0 Å². The Morgan fingerprint density at radius 2 is 1.80 bits per heavy atom. The molecule has 0 saturated carbocycles. The number of para-hydroxylation sites is 1. The van der Waals surface area contributed by atoms with Gasteiger partial charge in [0, 0.05) is 12.6 Å². The van der Waals surface area contributed by atoms with Gasteiger partial charge in [-0.2, -0.15) is 13.2 Å². The van der Waals surface area contributed by atoms with Crippen LogP contribution in [0.1, 0.15) is 18.9 Å². The molecule has 0 bridgehead atoms. The molecule has 5 nitrogen and oxygen atoms in total. The average Bonchev–Trinajstić information content (AvgIpc) is 2.68. The van der Waals surface area contributed by atoms with E-state index in [4.69, 9.17) is 27.9 Å². The SMILES string of the molecule is CCN(CC(=O)Nc1ccccc1C(F)(F)F)C(=O)CCOc1ccc(Cl)c(Cl)c1. The van der Waals surface area contributed by atoms with Crippen molar-refractivity contribution in [1.82, 2.24) is 4.90 Å². The van der Waals surface area contributed by atoms with Gasteiger partial charge in [0.2, 0.25) is 11.8 Å². The highest BCUT2D eigenvalue weighted by Gasteiger charge is 2.33. The van der Waals surface area contributed by atoms with Gasteiger partial charge in [-0.3, -0.25) is 9.59 Å². The molecule has 0 aliphatic heterocycles. The second-order valence-corrected chi connectivity index (χ2v) is 6.99. The molecule has 0 saturated heterocycles. The molecule has 0 aliphatic carbocycles. The molecule has 0 spiro atoms. The fraction of sp³-hybridized carbons (Fsp3) is 0.300. The highest BCUT2D eigenvalue weighted by molar-refractivity contribution is 6.42. The van der Waals surface area contributed by atoms with E-state index < -0.39 is 17.6 Å². The van der Waals surface area contributed by atoms with E-state index in [1.807, 2.05) is 0 Å². The largest absolute Gasteiger partial charge is 0.493 e. The lowest BCUT2D eigenvalue weighted by Gasteiger charge is -2.21. The number of benzene rings is 2. The number of nitrogens with zero attached hydrogens (tertiary/aromatic N) is 1. The van der Waals surface area contributed by atoms with Gasteiger partial charge in [0.05, 0.1) is 40.9 Å². The van der Waals surface area contributed by atoms with Gasteiger partial charge in [0.1, 0.15) is 5.75 Å². The number of hydrogen-bond donors (Lipinski definition) is 1. The summed E-state index contributed by atoms with van der Waals surface area (Å²) in [6.45, 7) is 1.52. The molecule has 30 heavy (non-hydrogen) atoms. The van der Waals surface area contributed by atoms with Gasteiger partial charge in [-0.15, -0.1) is 0 Å². The molecule has 0 atom stereocenters. The number of ether oxygens (including phenoxy) is 1. The first-order valence-corrected chi connectivity index (χ1v) is 9.69. The Kier molecular flexibility index (Phi) is 8.37. The highest BCUT2D eigenvalue weighted by Crippen LogP contribution is 2.34. The first kappa shape index (κ1) is 23.8. The molecule has 2 aromatic rings. The molecule has 0 aliphatic rings. The lowest BCUT2D eigenvalue weighted by Crippen LogP contribution is -2.38. The lowest BCUT2D eigenvalue weighted by molar-refractivity contribution is -0.137. The number of carbonyl (C=O) groups excluding carboxylic acids is 2. The average molecular weight is 463 g/mol. The standard InChI is InChI=1S/C20H19Cl2F3N2O3/c1-2-27(19(29)9-10-30-13-7-8-15(21)16(22)11-13)12-18(28)26-17-6-4-3-5-14(17)20(23,24)25/h3-8,11H,2,9-10,12H2,1H3,(H,26,28). The molecule has 2 rings (SSSR count). The van der Waals surface area contributed by atoms with Gasteiger partial charge in [-0.25, -0.2) is 0 Å². The van der Waals surface area contributed by atoms with Crippen molar-refractivity contribution in [2.24, 2.45) is 0 Å². The molecule has 2 aromatic carbocycles. The lowest BCUT2D eigenvalue weighted by atomic mass is 10.1. The van der Waals surface area contributed by atoms with Crippen LogP contribution in [0.25, 0.3) is 0 Å². The van der Waals surface area contributed by atoms with Crippen molar-refractivity contribution in [3.63, 3.8) is 0 Å². The molecule has 0 radical (unpaired) electrons. The van der Waals surface area contributed by atoms with Crippen molar-refractivity contribution in [2.45, 2.75) is 19.5 Å². The van der Waals surface area contributed by atoms with E-state index in [2.05, 4.69) is 5.32 Å². The number of carbonyl (C=O) groups is 2. The number of hydrogen-bond acceptors (Lipinski definition) is 3. The van der Waals surface area contributed by atoms with Crippen LogP contribution in [0.4, 0.5) is 18.9 Å². The summed E-state index contributed by atoms with van der Waals surface area (Å²) in [5, 5.41) is 2.90. The first-order chi connectivity index (χ1) is 14.1. The number of alkyl halides is 3. The van der Waals surface area contributed by atoms with E-state index in [0.717, 1.165) is 12.1 Å². The first-order valence-electron chi connectivity index (χ1n) is 8.93. The van der Waals surface area contributed by atoms with Crippen molar-refractivity contribution >= 4 is 40.7 Å². The van der Waals surface area contributed by atoms with Crippen LogP contribution in [0, 0.1) is 0 Å². The van der Waals surface area contributed by atoms with E-state index in [9.17, 15) is 22.8 Å². The summed E-state index contributed by atoms with van der Waals surface area (Å²) < 4.78 is 44.6. The Balaban J connectivity index is 1.90. The minimum atomic E-state index is -4.61. The second-order valence-electron chi connectivity index (χ2n) is 6.17. The van der Waals surface area contributed by atoms with Crippen LogP contribution >= 0.6 is 23.2 Å². The maximum Gasteiger partial charge on any atom is 0.418 e.